The number of nitrogens with zero attached hydrogens (tertiary/aromatic N) is 1. The van der Waals surface area contributed by atoms with E-state index in [9.17, 15) is 0 Å². The Labute approximate surface area is 91.0 Å². The van der Waals surface area contributed by atoms with Gasteiger partial charge in [0.15, 0.2) is 0 Å². The molecule has 0 atom stereocenters. The summed E-state index contributed by atoms with van der Waals surface area (Å²) < 4.78 is 10.7. The topological polar surface area (TPSA) is 47.3 Å². The summed E-state index contributed by atoms with van der Waals surface area (Å²) in [6, 6.07) is 0. The van der Waals surface area contributed by atoms with E-state index in [1.165, 1.54) is 0 Å². The second-order valence-electron chi connectivity index (χ2n) is 3.88. The van der Waals surface area contributed by atoms with Crippen LogP contribution in [0.3, 0.4) is 0 Å². The Bertz CT molecular complexity index is 271. The molecule has 15 heavy (non-hydrogen) atoms. The van der Waals surface area contributed by atoms with Gasteiger partial charge in [-0.2, -0.15) is 0 Å². The van der Waals surface area contributed by atoms with Gasteiger partial charge < -0.3 is 14.5 Å². The van der Waals surface area contributed by atoms with Crippen LogP contribution in [0.2, 0.25) is 0 Å². The number of aromatic nitrogens is 1. The molecule has 1 heterocycles. The van der Waals surface area contributed by atoms with Crippen molar-refractivity contribution in [3.63, 3.8) is 0 Å². The molecule has 0 radical (unpaired) electrons. The van der Waals surface area contributed by atoms with Gasteiger partial charge in [-0.05, 0) is 19.4 Å². The van der Waals surface area contributed by atoms with Crippen molar-refractivity contribution < 1.29 is 9.15 Å². The minimum atomic E-state index is 0.508. The molecule has 1 N–H and O–H groups in total. The predicted octanol–water partition coefficient (Wildman–Crippen LogP) is 1.96. The highest BCUT2D eigenvalue weighted by Gasteiger charge is 2.03. The minimum Gasteiger partial charge on any atom is -0.442 e. The number of rotatable bonds is 7. The summed E-state index contributed by atoms with van der Waals surface area (Å²) in [5.74, 6) is 2.16. The van der Waals surface area contributed by atoms with E-state index in [4.69, 9.17) is 9.15 Å². The molecule has 1 aromatic heterocycles. The molecule has 0 amide bonds. The summed E-state index contributed by atoms with van der Waals surface area (Å²) in [5, 5.41) is 3.27. The zero-order valence-electron chi connectivity index (χ0n) is 9.75. The molecule has 0 unspecified atom stereocenters. The van der Waals surface area contributed by atoms with E-state index in [2.05, 4.69) is 24.1 Å². The van der Waals surface area contributed by atoms with Gasteiger partial charge in [0.1, 0.15) is 12.4 Å². The van der Waals surface area contributed by atoms with Gasteiger partial charge >= 0.3 is 0 Å². The van der Waals surface area contributed by atoms with Crippen LogP contribution in [-0.4, -0.2) is 18.1 Å². The standard InChI is InChI=1S/C11H20N2O2/c1-4-14-8-10-6-13-11(15-10)7-12-5-9(2)3/h6,9,12H,4-5,7-8H2,1-3H3. The van der Waals surface area contributed by atoms with E-state index in [0.29, 0.717) is 25.7 Å². The average Bonchev–Trinajstić information content (AvgIpc) is 2.62. The van der Waals surface area contributed by atoms with Crippen molar-refractivity contribution in [2.24, 2.45) is 5.92 Å². The van der Waals surface area contributed by atoms with Gasteiger partial charge in [-0.15, -0.1) is 0 Å². The maximum Gasteiger partial charge on any atom is 0.208 e. The highest BCUT2D eigenvalue weighted by atomic mass is 16.5. The van der Waals surface area contributed by atoms with E-state index in [-0.39, 0.29) is 0 Å². The number of hydrogen-bond donors (Lipinski definition) is 1. The Morgan fingerprint density at radius 2 is 2.33 bits per heavy atom. The van der Waals surface area contributed by atoms with Crippen LogP contribution in [0.5, 0.6) is 0 Å². The van der Waals surface area contributed by atoms with Gasteiger partial charge in [0.05, 0.1) is 12.7 Å². The van der Waals surface area contributed by atoms with Gasteiger partial charge in [0.2, 0.25) is 5.89 Å². The highest BCUT2D eigenvalue weighted by molar-refractivity contribution is 4.92. The van der Waals surface area contributed by atoms with Crippen LogP contribution in [0.4, 0.5) is 0 Å². The summed E-state index contributed by atoms with van der Waals surface area (Å²) in [6.45, 7) is 9.16. The van der Waals surface area contributed by atoms with Crippen LogP contribution < -0.4 is 5.32 Å². The lowest BCUT2D eigenvalue weighted by Gasteiger charge is -2.04. The van der Waals surface area contributed by atoms with E-state index >= 15 is 0 Å². The smallest absolute Gasteiger partial charge is 0.208 e. The van der Waals surface area contributed by atoms with E-state index < -0.39 is 0 Å². The largest absolute Gasteiger partial charge is 0.442 e. The maximum atomic E-state index is 5.47. The van der Waals surface area contributed by atoms with Crippen molar-refractivity contribution in [2.45, 2.75) is 33.9 Å². The molecule has 4 nitrogen and oxygen atoms in total. The third kappa shape index (κ3) is 4.95. The predicted molar refractivity (Wildman–Crippen MR) is 58.4 cm³/mol. The Hall–Kier alpha value is -0.870. The molecule has 4 heteroatoms. The Balaban J connectivity index is 2.26. The molecule has 0 aliphatic rings. The van der Waals surface area contributed by atoms with Crippen molar-refractivity contribution in [3.8, 4) is 0 Å². The van der Waals surface area contributed by atoms with Gasteiger partial charge in [-0.1, -0.05) is 13.8 Å². The van der Waals surface area contributed by atoms with Crippen LogP contribution in [0.15, 0.2) is 10.6 Å². The van der Waals surface area contributed by atoms with E-state index in [1.807, 2.05) is 6.92 Å². The Morgan fingerprint density at radius 1 is 1.53 bits per heavy atom. The second-order valence-corrected chi connectivity index (χ2v) is 3.88. The molecule has 1 rings (SSSR count). The number of hydrogen-bond acceptors (Lipinski definition) is 4. The van der Waals surface area contributed by atoms with Gasteiger partial charge in [-0.3, -0.25) is 0 Å². The third-order valence-corrected chi connectivity index (χ3v) is 1.88. The van der Waals surface area contributed by atoms with Crippen LogP contribution in [0.25, 0.3) is 0 Å². The first-order chi connectivity index (χ1) is 7.22. The van der Waals surface area contributed by atoms with Gasteiger partial charge in [-0.25, -0.2) is 4.98 Å². The summed E-state index contributed by atoms with van der Waals surface area (Å²) >= 11 is 0. The monoisotopic (exact) mass is 212 g/mol. The van der Waals surface area contributed by atoms with Gasteiger partial charge in [0.25, 0.3) is 0 Å². The maximum absolute atomic E-state index is 5.47. The number of oxazole rings is 1. The molecule has 86 valence electrons. The molecular formula is C11H20N2O2. The normalized spacial score (nSPS) is 11.2. The average molecular weight is 212 g/mol. The molecule has 0 saturated carbocycles. The molecule has 0 saturated heterocycles. The molecule has 1 aromatic rings. The van der Waals surface area contributed by atoms with Crippen LogP contribution in [0, 0.1) is 5.92 Å². The Kier molecular flexibility index (Phi) is 5.36. The summed E-state index contributed by atoms with van der Waals surface area (Å²) in [5.41, 5.74) is 0. The minimum absolute atomic E-state index is 0.508. The lowest BCUT2D eigenvalue weighted by atomic mass is 10.2. The SMILES string of the molecule is CCOCc1cnc(CNCC(C)C)o1. The van der Waals surface area contributed by atoms with Crippen molar-refractivity contribution >= 4 is 0 Å². The highest BCUT2D eigenvalue weighted by Crippen LogP contribution is 2.04. The fraction of sp³-hybridized carbons (Fsp3) is 0.727. The number of ether oxygens (including phenoxy) is 1. The summed E-state index contributed by atoms with van der Waals surface area (Å²) in [6.07, 6.45) is 1.72. The zero-order valence-corrected chi connectivity index (χ0v) is 9.75. The molecule has 0 aliphatic heterocycles. The quantitative estimate of drug-likeness (QED) is 0.750. The first-order valence-electron chi connectivity index (χ1n) is 5.44. The van der Waals surface area contributed by atoms with Crippen molar-refractivity contribution in [1.29, 1.82) is 0 Å². The first-order valence-corrected chi connectivity index (χ1v) is 5.44. The van der Waals surface area contributed by atoms with Crippen LogP contribution in [0.1, 0.15) is 32.4 Å². The molecule has 0 aromatic carbocycles. The Morgan fingerprint density at radius 3 is 3.00 bits per heavy atom. The molecule has 0 aliphatic carbocycles. The molecule has 0 fully saturated rings. The summed E-state index contributed by atoms with van der Waals surface area (Å²) in [4.78, 5) is 4.16. The summed E-state index contributed by atoms with van der Waals surface area (Å²) in [7, 11) is 0. The first kappa shape index (κ1) is 12.2. The zero-order chi connectivity index (χ0) is 11.1. The fourth-order valence-corrected chi connectivity index (χ4v) is 1.17. The van der Waals surface area contributed by atoms with E-state index in [0.717, 1.165) is 18.2 Å². The van der Waals surface area contributed by atoms with Crippen molar-refractivity contribution in [3.05, 3.63) is 17.8 Å². The van der Waals surface area contributed by atoms with Gasteiger partial charge in [0, 0.05) is 6.61 Å². The van der Waals surface area contributed by atoms with Crippen molar-refractivity contribution in [2.75, 3.05) is 13.2 Å². The van der Waals surface area contributed by atoms with Crippen LogP contribution >= 0.6 is 0 Å². The van der Waals surface area contributed by atoms with E-state index in [1.54, 1.807) is 6.20 Å². The molecule has 0 bridgehead atoms. The molecule has 0 spiro atoms. The lowest BCUT2D eigenvalue weighted by molar-refractivity contribution is 0.117. The second kappa shape index (κ2) is 6.58. The molecular weight excluding hydrogens is 192 g/mol. The number of nitrogens with one attached hydrogen (secondary N) is 1. The van der Waals surface area contributed by atoms with Crippen molar-refractivity contribution in [1.82, 2.24) is 10.3 Å². The van der Waals surface area contributed by atoms with Crippen LogP contribution in [-0.2, 0) is 17.9 Å². The lowest BCUT2D eigenvalue weighted by Crippen LogP contribution is -2.19. The third-order valence-electron chi connectivity index (χ3n) is 1.88. The fourth-order valence-electron chi connectivity index (χ4n) is 1.17.